The number of likely N-dealkylation sites (tertiary alicyclic amines) is 1. The van der Waals surface area contributed by atoms with Crippen molar-refractivity contribution in [3.63, 3.8) is 0 Å². The molecule has 2 fully saturated rings. The van der Waals surface area contributed by atoms with Crippen LogP contribution in [0.25, 0.3) is 20.5 Å². The number of unbranched alkanes of at least 4 members (excludes halogenated alkanes) is 4. The number of ether oxygens (including phenoxy) is 1. The summed E-state index contributed by atoms with van der Waals surface area (Å²) in [6.45, 7) is 5.95. The number of fused-ring (bicyclic) bond motifs is 2. The van der Waals surface area contributed by atoms with Gasteiger partial charge in [0, 0.05) is 66.5 Å². The number of alkyl halides is 2. The molecule has 21 heteroatoms. The number of nitrogens with zero attached hydrogens (tertiary/aromatic N) is 3. The van der Waals surface area contributed by atoms with Crippen LogP contribution in [0, 0.1) is 17.3 Å². The normalized spacial score (nSPS) is 18.7. The van der Waals surface area contributed by atoms with E-state index in [1.807, 2.05) is 36.4 Å². The topological polar surface area (TPSA) is 225 Å². The smallest absolute Gasteiger partial charge is 0.376 e. The van der Waals surface area contributed by atoms with Crippen molar-refractivity contribution >= 4 is 80.9 Å². The van der Waals surface area contributed by atoms with Crippen molar-refractivity contribution < 1.29 is 56.6 Å². The van der Waals surface area contributed by atoms with E-state index in [2.05, 4.69) is 32.8 Å². The van der Waals surface area contributed by atoms with Gasteiger partial charge in [0.25, 0.3) is 11.8 Å². The average Bonchev–Trinajstić information content (AvgIpc) is 4.15. The molecule has 3 aliphatic heterocycles. The molecule has 0 spiro atoms. The second kappa shape index (κ2) is 21.5. The summed E-state index contributed by atoms with van der Waals surface area (Å²) in [5, 5.41) is 8.53. The third kappa shape index (κ3) is 11.5. The Morgan fingerprint density at radius 3 is 2.49 bits per heavy atom. The molecule has 8 rings (SSSR count). The lowest BCUT2D eigenvalue weighted by Gasteiger charge is -2.35. The zero-order valence-corrected chi connectivity index (χ0v) is 42.1. The van der Waals surface area contributed by atoms with Gasteiger partial charge in [0.1, 0.15) is 18.1 Å². The molecule has 16 nitrogen and oxygen atoms in total. The summed E-state index contributed by atoms with van der Waals surface area (Å²) in [7, 11) is -5.84. The highest BCUT2D eigenvalue weighted by Gasteiger charge is 2.51. The van der Waals surface area contributed by atoms with E-state index in [9.17, 15) is 51.9 Å². The molecule has 0 aliphatic carbocycles. The van der Waals surface area contributed by atoms with Gasteiger partial charge in [-0.05, 0) is 71.5 Å². The standard InChI is InChI=1S/C51H53F2N6O10PS2/c1-50(2,3)43(56-46(63)40-25-32-24-33(19-21-39(32)71-40)51(52,53)70(66,67)68)48(65)58-28-34(26-38(58)45(62)57-49-54-27-41(72-49)31-15-10-8-11-16-31)69-23-12-7-5-4-6-9-14-30-17-13-18-35-36(30)29-59(47(35)64)37-20-22-42(60)55-44(37)61/h8,10-11,13,15-19,21,24-25,27,34,37-38,43H,4-7,12,20,22-23,26,28-29H2,1-3H3,(H,56,63)(H,54,57,62)(H,55,60,61)(H2,66,67,68)/t34-,37?,38+,43-/m1/s1. The van der Waals surface area contributed by atoms with E-state index in [-0.39, 0.29) is 54.4 Å². The summed E-state index contributed by atoms with van der Waals surface area (Å²) < 4.78 is 47.4. The first kappa shape index (κ1) is 52.1. The van der Waals surface area contributed by atoms with Crippen LogP contribution in [0.2, 0.25) is 0 Å². The van der Waals surface area contributed by atoms with Crippen LogP contribution >= 0.6 is 30.3 Å². The first-order valence-electron chi connectivity index (χ1n) is 23.5. The number of rotatable bonds is 16. The van der Waals surface area contributed by atoms with Crippen molar-refractivity contribution in [3.8, 4) is 22.3 Å². The van der Waals surface area contributed by atoms with Gasteiger partial charge in [-0.3, -0.25) is 38.6 Å². The summed E-state index contributed by atoms with van der Waals surface area (Å²) in [4.78, 5) is 107. The quantitative estimate of drug-likeness (QED) is 0.0278. The lowest BCUT2D eigenvalue weighted by Crippen LogP contribution is -2.57. The highest BCUT2D eigenvalue weighted by molar-refractivity contribution is 7.52. The Balaban J connectivity index is 0.888. The molecule has 2 aromatic heterocycles. The van der Waals surface area contributed by atoms with Gasteiger partial charge in [0.05, 0.1) is 15.9 Å². The predicted molar refractivity (Wildman–Crippen MR) is 267 cm³/mol. The number of thiazole rings is 1. The fraction of sp³-hybridized carbons (Fsp3) is 0.392. The number of thiophene rings is 1. The Hall–Kier alpha value is -6.20. The lowest BCUT2D eigenvalue weighted by atomic mass is 9.85. The second-order valence-corrected chi connectivity index (χ2v) is 22.8. The maximum atomic E-state index is 14.7. The summed E-state index contributed by atoms with van der Waals surface area (Å²) in [5.74, 6) is 3.68. The first-order valence-corrected chi connectivity index (χ1v) is 26.7. The van der Waals surface area contributed by atoms with Crippen molar-refractivity contribution in [3.05, 3.63) is 106 Å². The number of aromatic nitrogens is 1. The zero-order chi connectivity index (χ0) is 51.5. The highest BCUT2D eigenvalue weighted by Crippen LogP contribution is 2.59. The molecule has 2 saturated heterocycles. The number of piperidine rings is 1. The third-order valence-electron chi connectivity index (χ3n) is 12.8. The van der Waals surface area contributed by atoms with Gasteiger partial charge < -0.3 is 35.0 Å². The predicted octanol–water partition coefficient (Wildman–Crippen LogP) is 7.78. The van der Waals surface area contributed by atoms with E-state index in [1.54, 1.807) is 39.1 Å². The SMILES string of the molecule is CC(C)(C)[C@H](NC(=O)c1cc2cc(C(F)(F)P(=O)(O)O)ccc2s1)C(=O)N1C[C@H](OCCCCCCC#Cc2cccc3c2CN(C2CCC(=O)NC2=O)C3=O)C[C@H]1C(=O)Nc1ncc(-c2ccccc2)s1. The summed E-state index contributed by atoms with van der Waals surface area (Å²) in [6.07, 6.45) is 5.59. The molecule has 1 unspecified atom stereocenters. The van der Waals surface area contributed by atoms with Crippen molar-refractivity contribution in [1.29, 1.82) is 0 Å². The molecule has 3 aliphatic rings. The van der Waals surface area contributed by atoms with Crippen LogP contribution in [0.15, 0.2) is 79.0 Å². The summed E-state index contributed by atoms with van der Waals surface area (Å²) >= 11 is 2.24. The van der Waals surface area contributed by atoms with Crippen LogP contribution in [0.3, 0.4) is 0 Å². The minimum absolute atomic E-state index is 0.0572. The lowest BCUT2D eigenvalue weighted by molar-refractivity contribution is -0.140. The van der Waals surface area contributed by atoms with Gasteiger partial charge >= 0.3 is 13.3 Å². The molecule has 378 valence electrons. The van der Waals surface area contributed by atoms with Gasteiger partial charge in [-0.25, -0.2) is 4.98 Å². The monoisotopic (exact) mass is 1040 g/mol. The van der Waals surface area contributed by atoms with Gasteiger partial charge in [0.2, 0.25) is 23.6 Å². The number of hydrogen-bond donors (Lipinski definition) is 5. The molecule has 0 bridgehead atoms. The molecule has 6 amide bonds. The number of imide groups is 1. The fourth-order valence-electron chi connectivity index (χ4n) is 8.97. The summed E-state index contributed by atoms with van der Waals surface area (Å²) in [6, 6.07) is 16.4. The number of amides is 6. The molecular formula is C51H53F2N6O10PS2. The van der Waals surface area contributed by atoms with Crippen LogP contribution in [-0.4, -0.2) is 97.4 Å². The molecule has 0 radical (unpaired) electrons. The molecule has 5 heterocycles. The number of halogens is 2. The summed E-state index contributed by atoms with van der Waals surface area (Å²) in [5.41, 5.74) is -3.30. The Labute approximate surface area is 422 Å². The molecular weight excluding hydrogens is 990 g/mol. The molecule has 4 atom stereocenters. The molecule has 5 N–H and O–H groups in total. The van der Waals surface area contributed by atoms with Gasteiger partial charge in [-0.2, -0.15) is 8.78 Å². The zero-order valence-electron chi connectivity index (χ0n) is 39.6. The van der Waals surface area contributed by atoms with E-state index < -0.39 is 72.1 Å². The maximum Gasteiger partial charge on any atom is 0.399 e. The van der Waals surface area contributed by atoms with Crippen LogP contribution in [0.5, 0.6) is 0 Å². The largest absolute Gasteiger partial charge is 0.399 e. The van der Waals surface area contributed by atoms with E-state index in [1.165, 1.54) is 33.3 Å². The number of anilines is 1. The van der Waals surface area contributed by atoms with Crippen LogP contribution in [0.4, 0.5) is 13.9 Å². The van der Waals surface area contributed by atoms with Crippen molar-refractivity contribution in [1.82, 2.24) is 25.4 Å². The number of nitrogens with one attached hydrogen (secondary N) is 3. The minimum atomic E-state index is -5.84. The van der Waals surface area contributed by atoms with Crippen molar-refractivity contribution in [2.45, 2.75) is 109 Å². The maximum absolute atomic E-state index is 14.7. The van der Waals surface area contributed by atoms with E-state index in [0.29, 0.717) is 34.8 Å². The van der Waals surface area contributed by atoms with Gasteiger partial charge in [-0.15, -0.1) is 11.3 Å². The number of benzene rings is 3. The molecule has 72 heavy (non-hydrogen) atoms. The van der Waals surface area contributed by atoms with Gasteiger partial charge in [0.15, 0.2) is 5.13 Å². The third-order valence-corrected chi connectivity index (χ3v) is 15.9. The van der Waals surface area contributed by atoms with Crippen LogP contribution in [0.1, 0.15) is 109 Å². The molecule has 0 saturated carbocycles. The number of carbonyl (C=O) groups is 6. The number of hydrogen-bond acceptors (Lipinski definition) is 11. The van der Waals surface area contributed by atoms with Gasteiger partial charge in [-0.1, -0.05) is 99.3 Å². The van der Waals surface area contributed by atoms with E-state index in [4.69, 9.17) is 4.74 Å². The van der Waals surface area contributed by atoms with E-state index >= 15 is 0 Å². The van der Waals surface area contributed by atoms with E-state index in [0.717, 1.165) is 64.3 Å². The average molecular weight is 1040 g/mol. The Morgan fingerprint density at radius 2 is 1.75 bits per heavy atom. The van der Waals surface area contributed by atoms with Crippen molar-refractivity contribution in [2.24, 2.45) is 5.41 Å². The Kier molecular flexibility index (Phi) is 15.6. The van der Waals surface area contributed by atoms with Crippen LogP contribution in [-0.2, 0) is 40.7 Å². The van der Waals surface area contributed by atoms with Crippen molar-refractivity contribution in [2.75, 3.05) is 18.5 Å². The number of carbonyl (C=O) groups excluding carboxylic acids is 6. The molecule has 3 aromatic carbocycles. The second-order valence-electron chi connectivity index (χ2n) is 19.0. The minimum Gasteiger partial charge on any atom is -0.376 e. The first-order chi connectivity index (χ1) is 34.2. The Morgan fingerprint density at radius 1 is 0.986 bits per heavy atom. The van der Waals surface area contributed by atoms with Crippen LogP contribution < -0.4 is 16.0 Å². The fourth-order valence-corrected chi connectivity index (χ4v) is 11.2. The molecule has 5 aromatic rings. The Bertz CT molecular complexity index is 3030. The highest BCUT2D eigenvalue weighted by atomic mass is 32.1.